The second kappa shape index (κ2) is 6.67. The molecule has 6 heteroatoms. The van der Waals surface area contributed by atoms with Gasteiger partial charge in [0.25, 0.3) is 0 Å². The minimum absolute atomic E-state index is 0.175. The van der Waals surface area contributed by atoms with E-state index in [2.05, 4.69) is 0 Å². The molecule has 3 nitrogen and oxygen atoms in total. The van der Waals surface area contributed by atoms with Crippen molar-refractivity contribution >= 4 is 5.97 Å². The fraction of sp³-hybridized carbons (Fsp3) is 0.0588. The predicted octanol–water partition coefficient (Wildman–Crippen LogP) is 3.24. The highest BCUT2D eigenvalue weighted by molar-refractivity contribution is 5.90. The number of carbonyl (C=O) groups is 1. The van der Waals surface area contributed by atoms with E-state index >= 15 is 0 Å². The average Bonchev–Trinajstić information content (AvgIpc) is 2.46. The summed E-state index contributed by atoms with van der Waals surface area (Å²) in [6, 6.07) is 6.94. The van der Waals surface area contributed by atoms with Crippen molar-refractivity contribution in [2.45, 2.75) is 6.92 Å². The third-order valence-electron chi connectivity index (χ3n) is 2.75. The van der Waals surface area contributed by atoms with Gasteiger partial charge < -0.3 is 4.74 Å². The van der Waals surface area contributed by atoms with E-state index in [-0.39, 0.29) is 11.3 Å². The highest BCUT2D eigenvalue weighted by Gasteiger charge is 2.09. The van der Waals surface area contributed by atoms with Gasteiger partial charge in [0.2, 0.25) is 0 Å². The fourth-order valence-corrected chi connectivity index (χ4v) is 1.72. The number of hydrogen-bond acceptors (Lipinski definition) is 3. The van der Waals surface area contributed by atoms with Gasteiger partial charge in [-0.25, -0.2) is 18.0 Å². The molecule has 0 amide bonds. The van der Waals surface area contributed by atoms with Gasteiger partial charge in [0, 0.05) is 12.0 Å². The second-order valence-corrected chi connectivity index (χ2v) is 4.50. The van der Waals surface area contributed by atoms with E-state index in [4.69, 9.17) is 10.00 Å². The molecule has 0 aliphatic rings. The molecule has 0 heterocycles. The van der Waals surface area contributed by atoms with Crippen molar-refractivity contribution in [1.82, 2.24) is 0 Å². The van der Waals surface area contributed by atoms with Crippen LogP contribution in [0, 0.1) is 47.5 Å². The molecule has 0 aliphatic carbocycles. The number of aryl methyl sites for hydroxylation is 1. The van der Waals surface area contributed by atoms with Gasteiger partial charge in [0.15, 0.2) is 0 Å². The lowest BCUT2D eigenvalue weighted by Crippen LogP contribution is -2.05. The number of benzene rings is 2. The first kappa shape index (κ1) is 16.1. The number of carbonyl (C=O) groups excluding carboxylic acids is 1. The largest absolute Gasteiger partial charge is 0.417 e. The summed E-state index contributed by atoms with van der Waals surface area (Å²) in [7, 11) is 0. The monoisotopic (exact) mass is 315 g/mol. The molecule has 0 fully saturated rings. The number of halogens is 3. The third kappa shape index (κ3) is 3.90. The van der Waals surface area contributed by atoms with Crippen LogP contribution in [-0.2, 0) is 4.79 Å². The number of nitriles is 1. The van der Waals surface area contributed by atoms with Crippen molar-refractivity contribution in [2.24, 2.45) is 0 Å². The average molecular weight is 315 g/mol. The van der Waals surface area contributed by atoms with Crippen LogP contribution in [0.4, 0.5) is 13.2 Å². The summed E-state index contributed by atoms with van der Waals surface area (Å²) in [6.07, 6.45) is 0. The van der Waals surface area contributed by atoms with Gasteiger partial charge >= 0.3 is 5.97 Å². The quantitative estimate of drug-likeness (QED) is 0.461. The molecule has 2 aromatic carbocycles. The summed E-state index contributed by atoms with van der Waals surface area (Å²) in [5.74, 6) is 0.0185. The van der Waals surface area contributed by atoms with Crippen molar-refractivity contribution in [3.8, 4) is 23.7 Å². The Morgan fingerprint density at radius 1 is 1.09 bits per heavy atom. The van der Waals surface area contributed by atoms with Crippen molar-refractivity contribution in [2.75, 3.05) is 0 Å². The van der Waals surface area contributed by atoms with E-state index in [1.165, 1.54) is 13.0 Å². The van der Waals surface area contributed by atoms with E-state index in [1.54, 1.807) is 6.07 Å². The highest BCUT2D eigenvalue weighted by atomic mass is 19.1. The highest BCUT2D eigenvalue weighted by Crippen LogP contribution is 2.16. The Morgan fingerprint density at radius 3 is 2.30 bits per heavy atom. The Morgan fingerprint density at radius 2 is 1.74 bits per heavy atom. The summed E-state index contributed by atoms with van der Waals surface area (Å²) in [4.78, 5) is 11.5. The first-order chi connectivity index (χ1) is 10.9. The minimum Gasteiger partial charge on any atom is -0.417 e. The SMILES string of the molecule is Cc1cc(F)c(C#CC(=O)Oc2ccc(C#N)c(F)c2)c(F)c1. The van der Waals surface area contributed by atoms with Crippen molar-refractivity contribution in [1.29, 1.82) is 5.26 Å². The topological polar surface area (TPSA) is 50.1 Å². The Kier molecular flexibility index (Phi) is 4.68. The molecule has 0 radical (unpaired) electrons. The van der Waals surface area contributed by atoms with Crippen LogP contribution < -0.4 is 4.74 Å². The van der Waals surface area contributed by atoms with Crippen LogP contribution >= 0.6 is 0 Å². The molecule has 0 bridgehead atoms. The molecule has 114 valence electrons. The standard InChI is InChI=1S/C17H8F3NO2/c1-10-6-15(19)13(16(20)7-10)4-5-17(22)23-12-3-2-11(9-21)14(18)8-12/h2-3,6-8H,1H3. The first-order valence-corrected chi connectivity index (χ1v) is 6.30. The van der Waals surface area contributed by atoms with Crippen molar-refractivity contribution < 1.29 is 22.7 Å². The molecule has 0 spiro atoms. The lowest BCUT2D eigenvalue weighted by molar-refractivity contribution is -0.128. The van der Waals surface area contributed by atoms with Crippen LogP contribution in [0.1, 0.15) is 16.7 Å². The van der Waals surface area contributed by atoms with Crippen LogP contribution in [0.2, 0.25) is 0 Å². The van der Waals surface area contributed by atoms with Gasteiger partial charge in [-0.05, 0) is 42.7 Å². The first-order valence-electron chi connectivity index (χ1n) is 6.30. The number of ether oxygens (including phenoxy) is 1. The number of esters is 1. The van der Waals surface area contributed by atoms with Crippen LogP contribution in [0.5, 0.6) is 5.75 Å². The third-order valence-corrected chi connectivity index (χ3v) is 2.75. The second-order valence-electron chi connectivity index (χ2n) is 4.50. The molecule has 0 saturated heterocycles. The van der Waals surface area contributed by atoms with Crippen LogP contribution in [0.3, 0.4) is 0 Å². The maximum absolute atomic E-state index is 13.6. The van der Waals surface area contributed by atoms with Gasteiger partial charge in [0.1, 0.15) is 29.3 Å². The molecule has 0 aliphatic heterocycles. The molecule has 2 rings (SSSR count). The van der Waals surface area contributed by atoms with E-state index in [9.17, 15) is 18.0 Å². The number of hydrogen-bond donors (Lipinski definition) is 0. The Bertz CT molecular complexity index is 866. The van der Waals surface area contributed by atoms with E-state index in [0.29, 0.717) is 5.56 Å². The zero-order valence-electron chi connectivity index (χ0n) is 11.8. The summed E-state index contributed by atoms with van der Waals surface area (Å²) in [6.45, 7) is 1.51. The number of rotatable bonds is 1. The van der Waals surface area contributed by atoms with Gasteiger partial charge in [-0.15, -0.1) is 0 Å². The molecular formula is C17H8F3NO2. The maximum Gasteiger partial charge on any atom is 0.390 e. The van der Waals surface area contributed by atoms with E-state index in [0.717, 1.165) is 24.3 Å². The summed E-state index contributed by atoms with van der Waals surface area (Å²) in [5, 5.41) is 8.58. The van der Waals surface area contributed by atoms with Gasteiger partial charge in [0.05, 0.1) is 11.1 Å². The van der Waals surface area contributed by atoms with E-state index in [1.807, 2.05) is 11.8 Å². The summed E-state index contributed by atoms with van der Waals surface area (Å²) in [5.41, 5.74) is -0.389. The fourth-order valence-electron chi connectivity index (χ4n) is 1.72. The Balaban J connectivity index is 2.19. The molecule has 0 N–H and O–H groups in total. The normalized spacial score (nSPS) is 9.52. The predicted molar refractivity (Wildman–Crippen MR) is 74.7 cm³/mol. The summed E-state index contributed by atoms with van der Waals surface area (Å²) >= 11 is 0. The molecular weight excluding hydrogens is 307 g/mol. The van der Waals surface area contributed by atoms with Crippen molar-refractivity contribution in [3.05, 3.63) is 64.5 Å². The molecule has 0 aromatic heterocycles. The Labute approximate surface area is 129 Å². The van der Waals surface area contributed by atoms with Gasteiger partial charge in [-0.3, -0.25) is 0 Å². The molecule has 0 atom stereocenters. The lowest BCUT2D eigenvalue weighted by Gasteiger charge is -2.01. The van der Waals surface area contributed by atoms with Gasteiger partial charge in [-0.1, -0.05) is 0 Å². The van der Waals surface area contributed by atoms with Crippen molar-refractivity contribution in [3.63, 3.8) is 0 Å². The van der Waals surface area contributed by atoms with Crippen LogP contribution in [-0.4, -0.2) is 5.97 Å². The van der Waals surface area contributed by atoms with E-state index < -0.39 is 29.0 Å². The molecule has 0 saturated carbocycles. The zero-order chi connectivity index (χ0) is 17.0. The summed E-state index contributed by atoms with van der Waals surface area (Å²) < 4.78 is 45.2. The Hall–Kier alpha value is -3.25. The molecule has 2 aromatic rings. The maximum atomic E-state index is 13.6. The lowest BCUT2D eigenvalue weighted by atomic mass is 10.1. The van der Waals surface area contributed by atoms with Crippen LogP contribution in [0.15, 0.2) is 30.3 Å². The van der Waals surface area contributed by atoms with Gasteiger partial charge in [-0.2, -0.15) is 5.26 Å². The molecule has 0 unspecified atom stereocenters. The molecule has 23 heavy (non-hydrogen) atoms. The zero-order valence-corrected chi connectivity index (χ0v) is 11.8. The minimum atomic E-state index is -1.12. The smallest absolute Gasteiger partial charge is 0.390 e. The van der Waals surface area contributed by atoms with Crippen LogP contribution in [0.25, 0.3) is 0 Å². The number of nitrogens with zero attached hydrogens (tertiary/aromatic N) is 1.